The lowest BCUT2D eigenvalue weighted by molar-refractivity contribution is 0.102. The Morgan fingerprint density at radius 1 is 1.16 bits per heavy atom. The van der Waals surface area contributed by atoms with Crippen LogP contribution in [-0.2, 0) is 10.1 Å². The zero-order valence-corrected chi connectivity index (χ0v) is 16.3. The lowest BCUT2D eigenvalue weighted by atomic mass is 10.2. The van der Waals surface area contributed by atoms with Crippen LogP contribution >= 0.6 is 0 Å². The lowest BCUT2D eigenvalue weighted by Crippen LogP contribution is -2.17. The highest BCUT2D eigenvalue weighted by atomic mass is 32.2. The minimum atomic E-state index is -4.95. The number of allylic oxidation sites excluding steroid dienone is 1. The van der Waals surface area contributed by atoms with Gasteiger partial charge in [0.05, 0.1) is 21.7 Å². The van der Waals surface area contributed by atoms with Crippen molar-refractivity contribution in [1.29, 1.82) is 10.5 Å². The van der Waals surface area contributed by atoms with E-state index in [1.165, 1.54) is 36.7 Å². The molecule has 3 rings (SSSR count). The van der Waals surface area contributed by atoms with Crippen LogP contribution in [0.3, 0.4) is 0 Å². The van der Waals surface area contributed by atoms with E-state index in [1.807, 2.05) is 0 Å². The molecular weight excluding hydrogens is 424 g/mol. The summed E-state index contributed by atoms with van der Waals surface area (Å²) in [5.74, 6) is -1.21. The first-order valence-electron chi connectivity index (χ1n) is 8.40. The van der Waals surface area contributed by atoms with Crippen LogP contribution in [0.1, 0.15) is 15.9 Å². The Balaban J connectivity index is 2.15. The van der Waals surface area contributed by atoms with Crippen molar-refractivity contribution in [3.05, 3.63) is 75.8 Å². The number of nitrogens with zero attached hydrogens (tertiary/aromatic N) is 4. The molecule has 0 radical (unpaired) electrons. The highest BCUT2D eigenvalue weighted by Gasteiger charge is 2.20. The number of benzene rings is 1. The van der Waals surface area contributed by atoms with Crippen LogP contribution in [0.25, 0.3) is 11.8 Å². The van der Waals surface area contributed by atoms with Crippen molar-refractivity contribution in [3.8, 4) is 17.8 Å². The summed E-state index contributed by atoms with van der Waals surface area (Å²) in [6.07, 6.45) is 3.81. The summed E-state index contributed by atoms with van der Waals surface area (Å²) in [7, 11) is -4.95. The van der Waals surface area contributed by atoms with Crippen molar-refractivity contribution in [3.63, 3.8) is 0 Å². The number of rotatable bonds is 5. The molecule has 0 unspecified atom stereocenters. The molecule has 0 fully saturated rings. The van der Waals surface area contributed by atoms with Crippen molar-refractivity contribution in [2.24, 2.45) is 0 Å². The molecule has 12 heteroatoms. The molecule has 11 nitrogen and oxygen atoms in total. The van der Waals surface area contributed by atoms with Gasteiger partial charge in [0.1, 0.15) is 33.6 Å². The number of hydrogen-bond donors (Lipinski definition) is 2. The fourth-order valence-corrected chi connectivity index (χ4v) is 3.32. The van der Waals surface area contributed by atoms with Gasteiger partial charge < -0.3 is 9.87 Å². The SMILES string of the molecule is N#CC(C#N)=Cc1c(NC(=O)c2ccccc2S(=O)(=O)[O-])[nH]n(-c2ccncc2)c1=O. The number of nitriles is 2. The summed E-state index contributed by atoms with van der Waals surface area (Å²) < 4.78 is 35.4. The molecule has 31 heavy (non-hydrogen) atoms. The Morgan fingerprint density at radius 2 is 1.81 bits per heavy atom. The van der Waals surface area contributed by atoms with Crippen LogP contribution in [0.4, 0.5) is 5.82 Å². The molecule has 0 spiro atoms. The van der Waals surface area contributed by atoms with E-state index in [0.29, 0.717) is 5.69 Å². The largest absolute Gasteiger partial charge is 0.744 e. The maximum absolute atomic E-state index is 12.9. The molecule has 0 bridgehead atoms. The van der Waals surface area contributed by atoms with Crippen LogP contribution < -0.4 is 10.9 Å². The van der Waals surface area contributed by atoms with Gasteiger partial charge in [-0.2, -0.15) is 10.5 Å². The molecule has 0 atom stereocenters. The van der Waals surface area contributed by atoms with Crippen molar-refractivity contribution in [2.45, 2.75) is 4.90 Å². The van der Waals surface area contributed by atoms with Gasteiger partial charge in [-0.05, 0) is 30.3 Å². The third-order valence-corrected chi connectivity index (χ3v) is 4.91. The Bertz CT molecular complexity index is 1420. The summed E-state index contributed by atoms with van der Waals surface area (Å²) in [6.45, 7) is 0. The fraction of sp³-hybridized carbons (Fsp3) is 0. The third kappa shape index (κ3) is 4.40. The van der Waals surface area contributed by atoms with Crippen LogP contribution in [0.5, 0.6) is 0 Å². The first-order chi connectivity index (χ1) is 14.8. The second kappa shape index (κ2) is 8.46. The lowest BCUT2D eigenvalue weighted by Gasteiger charge is -2.12. The Hall–Kier alpha value is -4.52. The number of anilines is 1. The third-order valence-electron chi connectivity index (χ3n) is 4.02. The van der Waals surface area contributed by atoms with Crippen molar-refractivity contribution in [1.82, 2.24) is 14.8 Å². The Labute approximate surface area is 175 Å². The van der Waals surface area contributed by atoms with Gasteiger partial charge >= 0.3 is 0 Å². The van der Waals surface area contributed by atoms with Gasteiger partial charge in [0.25, 0.3) is 11.5 Å². The summed E-state index contributed by atoms with van der Waals surface area (Å²) >= 11 is 0. The molecule has 0 aliphatic rings. The van der Waals surface area contributed by atoms with E-state index in [4.69, 9.17) is 10.5 Å². The summed E-state index contributed by atoms with van der Waals surface area (Å²) in [6, 6.07) is 11.0. The van der Waals surface area contributed by atoms with E-state index in [0.717, 1.165) is 22.9 Å². The number of pyridine rings is 1. The van der Waals surface area contributed by atoms with E-state index in [-0.39, 0.29) is 11.4 Å². The molecule has 0 saturated heterocycles. The molecule has 0 aliphatic carbocycles. The molecule has 1 amide bonds. The molecule has 2 aromatic heterocycles. The Morgan fingerprint density at radius 3 is 2.42 bits per heavy atom. The van der Waals surface area contributed by atoms with E-state index in [1.54, 1.807) is 12.1 Å². The van der Waals surface area contributed by atoms with Gasteiger partial charge in [0, 0.05) is 12.4 Å². The standard InChI is InChI=1S/C19H12N6O5S/c20-10-12(11-21)9-15-17(24-25(19(15)27)13-5-7-22-8-6-13)23-18(26)14-3-1-2-4-16(14)31(28,29)30/h1-9,24H,(H,23,26)(H,28,29,30)/p-1. The highest BCUT2D eigenvalue weighted by Crippen LogP contribution is 2.19. The summed E-state index contributed by atoms with van der Waals surface area (Å²) in [5, 5.41) is 23.0. The first kappa shape index (κ1) is 21.2. The average molecular weight is 435 g/mol. The quantitative estimate of drug-likeness (QED) is 0.441. The van der Waals surface area contributed by atoms with Gasteiger partial charge in [-0.25, -0.2) is 13.1 Å². The average Bonchev–Trinajstić information content (AvgIpc) is 3.06. The van der Waals surface area contributed by atoms with Gasteiger partial charge in [0.2, 0.25) is 0 Å². The summed E-state index contributed by atoms with van der Waals surface area (Å²) in [4.78, 5) is 28.7. The number of H-pyrrole nitrogens is 1. The molecule has 1 aromatic carbocycles. The van der Waals surface area contributed by atoms with Gasteiger partial charge in [0.15, 0.2) is 0 Å². The highest BCUT2D eigenvalue weighted by molar-refractivity contribution is 7.85. The molecule has 0 saturated carbocycles. The minimum Gasteiger partial charge on any atom is -0.744 e. The van der Waals surface area contributed by atoms with E-state index in [2.05, 4.69) is 15.4 Å². The Kier molecular flexibility index (Phi) is 5.79. The first-order valence-corrected chi connectivity index (χ1v) is 9.80. The predicted octanol–water partition coefficient (Wildman–Crippen LogP) is 1.15. The number of amides is 1. The van der Waals surface area contributed by atoms with Crippen molar-refractivity contribution >= 4 is 27.9 Å². The minimum absolute atomic E-state index is 0.215. The fourth-order valence-electron chi connectivity index (χ4n) is 2.64. The number of carbonyl (C=O) groups excluding carboxylic acids is 1. The van der Waals surface area contributed by atoms with Crippen LogP contribution in [0.2, 0.25) is 0 Å². The van der Waals surface area contributed by atoms with E-state index >= 15 is 0 Å². The number of nitrogens with one attached hydrogen (secondary N) is 2. The van der Waals surface area contributed by atoms with Gasteiger partial charge in [-0.3, -0.25) is 19.7 Å². The number of carbonyl (C=O) groups is 1. The smallest absolute Gasteiger partial charge is 0.280 e. The second-order valence-corrected chi connectivity index (χ2v) is 7.28. The zero-order chi connectivity index (χ0) is 22.6. The van der Waals surface area contributed by atoms with Crippen molar-refractivity contribution in [2.75, 3.05) is 5.32 Å². The topological polar surface area (TPSA) is 185 Å². The number of aromatic amines is 1. The molecule has 154 valence electrons. The predicted molar refractivity (Wildman–Crippen MR) is 106 cm³/mol. The molecule has 2 heterocycles. The molecule has 0 aliphatic heterocycles. The van der Waals surface area contributed by atoms with Crippen molar-refractivity contribution < 1.29 is 17.8 Å². The van der Waals surface area contributed by atoms with E-state index in [9.17, 15) is 22.6 Å². The molecule has 2 N–H and O–H groups in total. The van der Waals surface area contributed by atoms with Gasteiger partial charge in [-0.1, -0.05) is 12.1 Å². The van der Waals surface area contributed by atoms with Gasteiger partial charge in [-0.15, -0.1) is 0 Å². The van der Waals surface area contributed by atoms with E-state index < -0.39 is 37.6 Å². The zero-order valence-electron chi connectivity index (χ0n) is 15.4. The number of hydrogen-bond acceptors (Lipinski definition) is 8. The second-order valence-electron chi connectivity index (χ2n) is 5.93. The molecular formula is C19H11N6O5S-. The summed E-state index contributed by atoms with van der Waals surface area (Å²) in [5.41, 5.74) is -1.44. The van der Waals surface area contributed by atoms with Crippen LogP contribution in [0.15, 0.2) is 64.1 Å². The monoisotopic (exact) mass is 435 g/mol. The normalized spacial score (nSPS) is 10.5. The molecule has 3 aromatic rings. The maximum atomic E-state index is 12.9. The maximum Gasteiger partial charge on any atom is 0.280 e. The number of aromatic nitrogens is 3. The van der Waals surface area contributed by atoms with Crippen LogP contribution in [-0.4, -0.2) is 33.6 Å². The van der Waals surface area contributed by atoms with Crippen LogP contribution in [0, 0.1) is 22.7 Å².